The van der Waals surface area contributed by atoms with Gasteiger partial charge in [-0.25, -0.2) is 0 Å². The lowest BCUT2D eigenvalue weighted by molar-refractivity contribution is -0.459. The van der Waals surface area contributed by atoms with Crippen molar-refractivity contribution >= 4 is 11.8 Å². The van der Waals surface area contributed by atoms with Crippen LogP contribution in [0.3, 0.4) is 0 Å². The fourth-order valence-corrected chi connectivity index (χ4v) is 6.17. The van der Waals surface area contributed by atoms with Crippen LogP contribution < -0.4 is 10.6 Å². The average Bonchev–Trinajstić information content (AvgIpc) is 2.94. The molecule has 0 saturated heterocycles. The Morgan fingerprint density at radius 3 is 1.71 bits per heavy atom. The van der Waals surface area contributed by atoms with Crippen molar-refractivity contribution in [2.45, 2.75) is 67.5 Å². The highest BCUT2D eigenvalue weighted by atomic mass is 16.5. The van der Waals surface area contributed by atoms with E-state index in [1.54, 1.807) is 0 Å². The number of fused-ring (bicyclic) bond motifs is 1. The predicted molar refractivity (Wildman–Crippen MR) is 138 cm³/mol. The molecule has 206 valence electrons. The summed E-state index contributed by atoms with van der Waals surface area (Å²) in [5.74, 6) is -3.18. The van der Waals surface area contributed by atoms with Crippen LogP contribution in [0.5, 0.6) is 0 Å². The second-order valence-corrected chi connectivity index (χ2v) is 10.2. The van der Waals surface area contributed by atoms with Crippen molar-refractivity contribution in [2.24, 2.45) is 0 Å². The first-order valence-corrected chi connectivity index (χ1v) is 12.9. The number of hydrogen-bond acceptors (Lipinski definition) is 8. The van der Waals surface area contributed by atoms with Gasteiger partial charge in [0, 0.05) is 30.1 Å². The summed E-state index contributed by atoms with van der Waals surface area (Å²) in [6.45, 7) is 3.94. The van der Waals surface area contributed by atoms with E-state index in [1.165, 1.54) is 48.5 Å². The van der Waals surface area contributed by atoms with Gasteiger partial charge < -0.3 is 41.3 Å². The minimum atomic E-state index is -2.44. The summed E-state index contributed by atoms with van der Waals surface area (Å²) in [4.78, 5) is 24.5. The van der Waals surface area contributed by atoms with E-state index in [0.717, 1.165) is 12.8 Å². The van der Waals surface area contributed by atoms with Crippen molar-refractivity contribution < 1.29 is 40.2 Å². The molecule has 7 atom stereocenters. The average molecular weight is 529 g/mol. The normalized spacial score (nSPS) is 32.4. The van der Waals surface area contributed by atoms with Crippen LogP contribution in [0.15, 0.2) is 48.5 Å². The molecule has 0 heterocycles. The number of aliphatic hydroxyl groups is 6. The third-order valence-corrected chi connectivity index (χ3v) is 8.11. The Morgan fingerprint density at radius 1 is 0.842 bits per heavy atom. The van der Waals surface area contributed by atoms with Crippen LogP contribution in [0.2, 0.25) is 0 Å². The standard InChI is InChI=1S/C28H36N2O8/c1-3-13-29-24(34)18-9-5-16(6-10-18)21-23(33)27(37)22(26(36,20(32)15-31)28(21,27)38)17-7-11-19(12-8-17)25(35)30-14-4-2/h5-12,20-23,31-33,36-38H,3-4,13-15H2,1-2H3,(H,29,34)(H,30,35)/t20-,21?,22?,23?,26+,27+,28+/m1/s1. The Bertz CT molecular complexity index is 1170. The number of carbonyl (C=O) groups excluding carboxylic acids is 2. The molecule has 2 aromatic rings. The van der Waals surface area contributed by atoms with Gasteiger partial charge in [0.25, 0.3) is 11.8 Å². The van der Waals surface area contributed by atoms with E-state index in [4.69, 9.17) is 0 Å². The van der Waals surface area contributed by atoms with Crippen molar-refractivity contribution in [2.75, 3.05) is 19.7 Å². The van der Waals surface area contributed by atoms with E-state index in [0.29, 0.717) is 29.8 Å². The quantitative estimate of drug-likeness (QED) is 0.208. The summed E-state index contributed by atoms with van der Waals surface area (Å²) in [6, 6.07) is 11.9. The summed E-state index contributed by atoms with van der Waals surface area (Å²) >= 11 is 0. The van der Waals surface area contributed by atoms with Crippen molar-refractivity contribution in [1.29, 1.82) is 0 Å². The van der Waals surface area contributed by atoms with Gasteiger partial charge in [-0.3, -0.25) is 9.59 Å². The molecule has 2 saturated carbocycles. The number of rotatable bonds is 10. The number of carbonyl (C=O) groups is 2. The molecule has 2 fully saturated rings. The first kappa shape index (κ1) is 28.2. The second-order valence-electron chi connectivity index (χ2n) is 10.2. The zero-order valence-corrected chi connectivity index (χ0v) is 21.5. The van der Waals surface area contributed by atoms with Gasteiger partial charge in [0.1, 0.15) is 22.9 Å². The number of benzene rings is 2. The topological polar surface area (TPSA) is 180 Å². The molecule has 4 rings (SSSR count). The van der Waals surface area contributed by atoms with E-state index in [2.05, 4.69) is 10.6 Å². The number of amides is 2. The molecule has 0 radical (unpaired) electrons. The summed E-state index contributed by atoms with van der Waals surface area (Å²) in [5, 5.41) is 72.1. The lowest BCUT2D eigenvalue weighted by Crippen LogP contribution is -2.99. The molecule has 2 aliphatic carbocycles. The van der Waals surface area contributed by atoms with Gasteiger partial charge in [-0.05, 0) is 48.2 Å². The van der Waals surface area contributed by atoms with Gasteiger partial charge in [0.05, 0.1) is 18.6 Å². The van der Waals surface area contributed by atoms with E-state index in [9.17, 15) is 40.2 Å². The molecule has 2 aromatic carbocycles. The van der Waals surface area contributed by atoms with Gasteiger partial charge in [-0.2, -0.15) is 0 Å². The second kappa shape index (κ2) is 10.4. The molecule has 8 N–H and O–H groups in total. The highest BCUT2D eigenvalue weighted by Crippen LogP contribution is 2.75. The first-order valence-electron chi connectivity index (χ1n) is 12.9. The van der Waals surface area contributed by atoms with Gasteiger partial charge in [-0.15, -0.1) is 0 Å². The highest BCUT2D eigenvalue weighted by molar-refractivity contribution is 5.94. The van der Waals surface area contributed by atoms with Gasteiger partial charge in [-0.1, -0.05) is 38.1 Å². The molecule has 10 nitrogen and oxygen atoms in total. The molecule has 3 unspecified atom stereocenters. The molecule has 0 aromatic heterocycles. The molecule has 38 heavy (non-hydrogen) atoms. The van der Waals surface area contributed by atoms with Crippen molar-refractivity contribution in [1.82, 2.24) is 10.6 Å². The monoisotopic (exact) mass is 528 g/mol. The fraction of sp³-hybridized carbons (Fsp3) is 0.500. The van der Waals surface area contributed by atoms with Crippen LogP contribution in [0, 0.1) is 0 Å². The third-order valence-electron chi connectivity index (χ3n) is 8.11. The first-order chi connectivity index (χ1) is 18.0. The van der Waals surface area contributed by atoms with Crippen LogP contribution >= 0.6 is 0 Å². The fourth-order valence-electron chi connectivity index (χ4n) is 6.17. The summed E-state index contributed by atoms with van der Waals surface area (Å²) < 4.78 is 0. The lowest BCUT2D eigenvalue weighted by atomic mass is 9.30. The molecule has 0 aliphatic heterocycles. The predicted octanol–water partition coefficient (Wildman–Crippen LogP) is -0.232. The smallest absolute Gasteiger partial charge is 0.251 e. The summed E-state index contributed by atoms with van der Waals surface area (Å²) in [7, 11) is 0. The number of hydrogen-bond donors (Lipinski definition) is 8. The lowest BCUT2D eigenvalue weighted by Gasteiger charge is -2.80. The molecule has 2 aliphatic rings. The maximum atomic E-state index is 12.3. The Balaban J connectivity index is 1.66. The molecular weight excluding hydrogens is 492 g/mol. The number of aliphatic hydroxyl groups excluding tert-OH is 3. The van der Waals surface area contributed by atoms with Crippen molar-refractivity contribution in [3.05, 3.63) is 70.8 Å². The van der Waals surface area contributed by atoms with Crippen molar-refractivity contribution in [3.8, 4) is 0 Å². The molecule has 0 bridgehead atoms. The zero-order valence-electron chi connectivity index (χ0n) is 21.5. The highest BCUT2D eigenvalue weighted by Gasteiger charge is 2.93. The zero-order chi connectivity index (χ0) is 27.9. The SMILES string of the molecule is CCCNC(=O)c1ccc(C2C(O)[C@@]3(O)C(c4ccc(C(=O)NCCC)cc4)[C@@](O)([C@H](O)CO)[C@@]23O)cc1. The molecule has 10 heteroatoms. The third kappa shape index (κ3) is 3.78. The van der Waals surface area contributed by atoms with E-state index >= 15 is 0 Å². The number of nitrogens with one attached hydrogen (secondary N) is 2. The van der Waals surface area contributed by atoms with Gasteiger partial charge >= 0.3 is 0 Å². The summed E-state index contributed by atoms with van der Waals surface area (Å²) in [6.07, 6.45) is -1.88. The van der Waals surface area contributed by atoms with Crippen LogP contribution in [0.25, 0.3) is 0 Å². The van der Waals surface area contributed by atoms with E-state index in [1.807, 2.05) is 13.8 Å². The Kier molecular flexibility index (Phi) is 7.68. The maximum Gasteiger partial charge on any atom is 0.251 e. The molecular formula is C28H36N2O8. The minimum Gasteiger partial charge on any atom is -0.394 e. The molecule has 0 spiro atoms. The van der Waals surface area contributed by atoms with Gasteiger partial charge in [0.15, 0.2) is 0 Å². The van der Waals surface area contributed by atoms with Crippen LogP contribution in [-0.4, -0.2) is 91.2 Å². The van der Waals surface area contributed by atoms with Crippen molar-refractivity contribution in [3.63, 3.8) is 0 Å². The van der Waals surface area contributed by atoms with E-state index < -0.39 is 47.5 Å². The van der Waals surface area contributed by atoms with Crippen LogP contribution in [-0.2, 0) is 0 Å². The Morgan fingerprint density at radius 2 is 1.29 bits per heavy atom. The molecule has 2 amide bonds. The van der Waals surface area contributed by atoms with Crippen LogP contribution in [0.4, 0.5) is 0 Å². The summed E-state index contributed by atoms with van der Waals surface area (Å²) in [5.41, 5.74) is -5.82. The minimum absolute atomic E-state index is 0.264. The van der Waals surface area contributed by atoms with Gasteiger partial charge in [0.2, 0.25) is 0 Å². The maximum absolute atomic E-state index is 12.3. The Labute approximate surface area is 221 Å². The van der Waals surface area contributed by atoms with E-state index in [-0.39, 0.29) is 17.4 Å². The van der Waals surface area contributed by atoms with Crippen LogP contribution in [0.1, 0.15) is 70.4 Å². The largest absolute Gasteiger partial charge is 0.394 e. The Hall–Kier alpha value is -2.86.